The lowest BCUT2D eigenvalue weighted by Gasteiger charge is -2.14. The monoisotopic (exact) mass is 187 g/mol. The number of aliphatic carboxylic acids is 1. The Morgan fingerprint density at radius 2 is 1.85 bits per heavy atom. The summed E-state index contributed by atoms with van der Waals surface area (Å²) in [5.41, 5.74) is 0. The summed E-state index contributed by atoms with van der Waals surface area (Å²) in [6.07, 6.45) is 0.394. The van der Waals surface area contributed by atoms with E-state index in [9.17, 15) is 9.59 Å². The van der Waals surface area contributed by atoms with E-state index in [0.29, 0.717) is 12.3 Å². The van der Waals surface area contributed by atoms with Crippen molar-refractivity contribution in [1.29, 1.82) is 0 Å². The molecule has 0 heterocycles. The van der Waals surface area contributed by atoms with Crippen LogP contribution in [0.15, 0.2) is 0 Å². The Balaban J connectivity index is 3.68. The number of hydrogen-bond donors (Lipinski definition) is 2. The van der Waals surface area contributed by atoms with Crippen LogP contribution in [0.3, 0.4) is 0 Å². The number of carbonyl (C=O) groups is 2. The SMILES string of the molecule is CC(C)C(C)CC(=O)NCC(=O)O. The molecule has 0 saturated carbocycles. The number of rotatable bonds is 5. The number of carboxylic acid groups (broad SMARTS) is 1. The number of nitrogens with one attached hydrogen (secondary N) is 1. The standard InChI is InChI=1S/C9H17NO3/c1-6(2)7(3)4-8(11)10-5-9(12)13/h6-7H,4-5H2,1-3H3,(H,10,11)(H,12,13). The summed E-state index contributed by atoms with van der Waals surface area (Å²) in [5.74, 6) is -0.474. The first-order chi connectivity index (χ1) is 5.93. The Kier molecular flexibility index (Phi) is 5.11. The van der Waals surface area contributed by atoms with Gasteiger partial charge in [0, 0.05) is 6.42 Å². The fraction of sp³-hybridized carbons (Fsp3) is 0.778. The minimum atomic E-state index is -1.01. The van der Waals surface area contributed by atoms with Crippen LogP contribution in [0, 0.1) is 11.8 Å². The van der Waals surface area contributed by atoms with Crippen molar-refractivity contribution >= 4 is 11.9 Å². The van der Waals surface area contributed by atoms with Gasteiger partial charge in [-0.25, -0.2) is 0 Å². The number of carbonyl (C=O) groups excluding carboxylic acids is 1. The molecule has 4 heteroatoms. The summed E-state index contributed by atoms with van der Waals surface area (Å²) >= 11 is 0. The third kappa shape index (κ3) is 6.13. The number of carboxylic acids is 1. The first-order valence-corrected chi connectivity index (χ1v) is 4.42. The summed E-state index contributed by atoms with van der Waals surface area (Å²) in [6.45, 7) is 5.76. The second-order valence-electron chi connectivity index (χ2n) is 3.60. The molecule has 1 unspecified atom stereocenters. The van der Waals surface area contributed by atoms with Gasteiger partial charge in [0.1, 0.15) is 6.54 Å². The summed E-state index contributed by atoms with van der Waals surface area (Å²) in [4.78, 5) is 21.2. The fourth-order valence-corrected chi connectivity index (χ4v) is 0.775. The third-order valence-corrected chi connectivity index (χ3v) is 2.08. The van der Waals surface area contributed by atoms with E-state index in [-0.39, 0.29) is 18.4 Å². The lowest BCUT2D eigenvalue weighted by atomic mass is 9.94. The maximum atomic E-state index is 11.1. The molecule has 0 aliphatic carbocycles. The van der Waals surface area contributed by atoms with Gasteiger partial charge in [0.15, 0.2) is 0 Å². The molecule has 0 aromatic carbocycles. The van der Waals surface area contributed by atoms with Gasteiger partial charge in [-0.1, -0.05) is 20.8 Å². The predicted octanol–water partition coefficient (Wildman–Crippen LogP) is 0.869. The summed E-state index contributed by atoms with van der Waals surface area (Å²) in [7, 11) is 0. The highest BCUT2D eigenvalue weighted by atomic mass is 16.4. The highest BCUT2D eigenvalue weighted by molar-refractivity contribution is 5.81. The largest absolute Gasteiger partial charge is 0.480 e. The summed E-state index contributed by atoms with van der Waals surface area (Å²) in [6, 6.07) is 0. The van der Waals surface area contributed by atoms with Crippen molar-refractivity contribution in [2.45, 2.75) is 27.2 Å². The molecule has 0 aromatic rings. The van der Waals surface area contributed by atoms with Gasteiger partial charge >= 0.3 is 5.97 Å². The van der Waals surface area contributed by atoms with Crippen LogP contribution in [0.25, 0.3) is 0 Å². The van der Waals surface area contributed by atoms with Gasteiger partial charge in [0.2, 0.25) is 5.91 Å². The van der Waals surface area contributed by atoms with Crippen molar-refractivity contribution in [3.63, 3.8) is 0 Å². The molecule has 13 heavy (non-hydrogen) atoms. The van der Waals surface area contributed by atoms with E-state index < -0.39 is 5.97 Å². The van der Waals surface area contributed by atoms with Gasteiger partial charge < -0.3 is 10.4 Å². The van der Waals surface area contributed by atoms with Crippen LogP contribution in [0.2, 0.25) is 0 Å². The van der Waals surface area contributed by atoms with Gasteiger partial charge in [0.25, 0.3) is 0 Å². The Labute approximate surface area is 78.3 Å². The van der Waals surface area contributed by atoms with Gasteiger partial charge in [0.05, 0.1) is 0 Å². The van der Waals surface area contributed by atoms with Crippen LogP contribution < -0.4 is 5.32 Å². The zero-order valence-electron chi connectivity index (χ0n) is 8.33. The van der Waals surface area contributed by atoms with Crippen molar-refractivity contribution in [3.05, 3.63) is 0 Å². The minimum Gasteiger partial charge on any atom is -0.480 e. The van der Waals surface area contributed by atoms with Crippen LogP contribution in [-0.4, -0.2) is 23.5 Å². The third-order valence-electron chi connectivity index (χ3n) is 2.08. The Bertz CT molecular complexity index is 189. The van der Waals surface area contributed by atoms with E-state index in [4.69, 9.17) is 5.11 Å². The molecule has 0 fully saturated rings. The normalized spacial score (nSPS) is 12.6. The quantitative estimate of drug-likeness (QED) is 0.671. The number of hydrogen-bond acceptors (Lipinski definition) is 2. The highest BCUT2D eigenvalue weighted by Crippen LogP contribution is 2.13. The molecule has 0 aliphatic heterocycles. The second-order valence-corrected chi connectivity index (χ2v) is 3.60. The van der Waals surface area contributed by atoms with Crippen LogP contribution >= 0.6 is 0 Å². The zero-order chi connectivity index (χ0) is 10.4. The molecular formula is C9H17NO3. The molecule has 0 bridgehead atoms. The lowest BCUT2D eigenvalue weighted by molar-refractivity contribution is -0.138. The van der Waals surface area contributed by atoms with E-state index in [0.717, 1.165) is 0 Å². The Hall–Kier alpha value is -1.06. The molecule has 0 saturated heterocycles. The molecular weight excluding hydrogens is 170 g/mol. The molecule has 4 nitrogen and oxygen atoms in total. The number of amides is 1. The molecule has 0 radical (unpaired) electrons. The molecule has 76 valence electrons. The van der Waals surface area contributed by atoms with E-state index in [1.807, 2.05) is 20.8 Å². The van der Waals surface area contributed by atoms with E-state index in [1.54, 1.807) is 0 Å². The van der Waals surface area contributed by atoms with Crippen molar-refractivity contribution in [2.24, 2.45) is 11.8 Å². The molecule has 0 spiro atoms. The lowest BCUT2D eigenvalue weighted by Crippen LogP contribution is -2.30. The average molecular weight is 187 g/mol. The van der Waals surface area contributed by atoms with Gasteiger partial charge in [-0.15, -0.1) is 0 Å². The Morgan fingerprint density at radius 3 is 2.23 bits per heavy atom. The maximum Gasteiger partial charge on any atom is 0.322 e. The molecule has 0 aromatic heterocycles. The maximum absolute atomic E-state index is 11.1. The van der Waals surface area contributed by atoms with Crippen LogP contribution in [-0.2, 0) is 9.59 Å². The van der Waals surface area contributed by atoms with E-state index >= 15 is 0 Å². The summed E-state index contributed by atoms with van der Waals surface area (Å²) in [5, 5.41) is 10.6. The molecule has 2 N–H and O–H groups in total. The smallest absolute Gasteiger partial charge is 0.322 e. The molecule has 0 aliphatic rings. The topological polar surface area (TPSA) is 66.4 Å². The molecule has 1 amide bonds. The molecule has 0 rings (SSSR count). The highest BCUT2D eigenvalue weighted by Gasteiger charge is 2.12. The van der Waals surface area contributed by atoms with Crippen LogP contribution in [0.1, 0.15) is 27.2 Å². The molecule has 1 atom stereocenters. The second kappa shape index (κ2) is 5.56. The van der Waals surface area contributed by atoms with Crippen LogP contribution in [0.5, 0.6) is 0 Å². The fourth-order valence-electron chi connectivity index (χ4n) is 0.775. The van der Waals surface area contributed by atoms with Crippen molar-refractivity contribution in [1.82, 2.24) is 5.32 Å². The van der Waals surface area contributed by atoms with Crippen molar-refractivity contribution in [2.75, 3.05) is 6.54 Å². The first-order valence-electron chi connectivity index (χ1n) is 4.42. The van der Waals surface area contributed by atoms with Gasteiger partial charge in [-0.3, -0.25) is 9.59 Å². The van der Waals surface area contributed by atoms with Crippen LogP contribution in [0.4, 0.5) is 0 Å². The van der Waals surface area contributed by atoms with E-state index in [2.05, 4.69) is 5.32 Å². The predicted molar refractivity (Wildman–Crippen MR) is 49.3 cm³/mol. The summed E-state index contributed by atoms with van der Waals surface area (Å²) < 4.78 is 0. The Morgan fingerprint density at radius 1 is 1.31 bits per heavy atom. The van der Waals surface area contributed by atoms with E-state index in [1.165, 1.54) is 0 Å². The van der Waals surface area contributed by atoms with Gasteiger partial charge in [-0.05, 0) is 11.8 Å². The van der Waals surface area contributed by atoms with Gasteiger partial charge in [-0.2, -0.15) is 0 Å². The van der Waals surface area contributed by atoms with Crippen molar-refractivity contribution < 1.29 is 14.7 Å². The first kappa shape index (κ1) is 11.9. The zero-order valence-corrected chi connectivity index (χ0v) is 8.33. The minimum absolute atomic E-state index is 0.191. The average Bonchev–Trinajstić information content (AvgIpc) is 2.00. The van der Waals surface area contributed by atoms with Crippen molar-refractivity contribution in [3.8, 4) is 0 Å².